The van der Waals surface area contributed by atoms with E-state index in [4.69, 9.17) is 4.42 Å². The highest BCUT2D eigenvalue weighted by Gasteiger charge is 2.40. The summed E-state index contributed by atoms with van der Waals surface area (Å²) in [5.41, 5.74) is 2.33. The van der Waals surface area contributed by atoms with Crippen LogP contribution in [0.2, 0.25) is 0 Å². The second-order valence-electron chi connectivity index (χ2n) is 7.25. The number of hydrogen-bond donors (Lipinski definition) is 2. The summed E-state index contributed by atoms with van der Waals surface area (Å²) in [5, 5.41) is 20.0. The number of nitrogens with zero attached hydrogens (tertiary/aromatic N) is 2. The molecule has 2 aliphatic rings. The van der Waals surface area contributed by atoms with Crippen LogP contribution in [-0.2, 0) is 4.79 Å². The van der Waals surface area contributed by atoms with E-state index in [2.05, 4.69) is 16.4 Å². The van der Waals surface area contributed by atoms with Crippen LogP contribution in [0.3, 0.4) is 0 Å². The fourth-order valence-electron chi connectivity index (χ4n) is 3.47. The highest BCUT2D eigenvalue weighted by molar-refractivity contribution is 7.97. The van der Waals surface area contributed by atoms with E-state index in [0.717, 1.165) is 24.1 Å². The summed E-state index contributed by atoms with van der Waals surface area (Å²) in [7, 11) is 0. The van der Waals surface area contributed by atoms with Gasteiger partial charge >= 0.3 is 0 Å². The number of fused-ring (bicyclic) bond motifs is 1. The maximum absolute atomic E-state index is 12.6. The molecule has 0 aliphatic carbocycles. The van der Waals surface area contributed by atoms with Crippen LogP contribution in [0.5, 0.6) is 0 Å². The third-order valence-electron chi connectivity index (χ3n) is 5.16. The van der Waals surface area contributed by atoms with Crippen LogP contribution in [0.15, 0.2) is 51.0 Å². The Bertz CT molecular complexity index is 853. The Kier molecular flexibility index (Phi) is 4.56. The maximum Gasteiger partial charge on any atom is 0.233 e. The Morgan fingerprint density at radius 2 is 1.85 bits per heavy atom. The van der Waals surface area contributed by atoms with Gasteiger partial charge in [0.25, 0.3) is 0 Å². The van der Waals surface area contributed by atoms with Crippen LogP contribution >= 0.6 is 11.9 Å². The van der Waals surface area contributed by atoms with Gasteiger partial charge in [-0.25, -0.2) is 4.31 Å². The van der Waals surface area contributed by atoms with Gasteiger partial charge in [0.05, 0.1) is 24.9 Å². The Morgan fingerprint density at radius 1 is 1.15 bits per heavy atom. The van der Waals surface area contributed by atoms with Crippen LogP contribution in [0.4, 0.5) is 0 Å². The second-order valence-corrected chi connectivity index (χ2v) is 8.43. The Labute approximate surface area is 156 Å². The number of hydrogen-bond acceptors (Lipinski definition) is 6. The average molecular weight is 374 g/mol. The lowest BCUT2D eigenvalue weighted by molar-refractivity contribution is -0.144. The molecule has 0 saturated heterocycles. The normalized spacial score (nSPS) is 18.2. The average Bonchev–Trinajstić information content (AvgIpc) is 3.34. The van der Waals surface area contributed by atoms with E-state index in [-0.39, 0.29) is 19.1 Å². The van der Waals surface area contributed by atoms with E-state index in [1.807, 2.05) is 12.1 Å². The number of aliphatic hydroxyl groups is 2. The Balaban J connectivity index is 1.37. The van der Waals surface area contributed by atoms with Crippen molar-refractivity contribution in [1.82, 2.24) is 9.21 Å². The van der Waals surface area contributed by atoms with E-state index in [1.54, 1.807) is 30.0 Å². The van der Waals surface area contributed by atoms with E-state index in [0.29, 0.717) is 13.1 Å². The topological polar surface area (TPSA) is 77.2 Å². The van der Waals surface area contributed by atoms with Crippen LogP contribution in [0.25, 0.3) is 11.0 Å². The number of aliphatic hydroxyl groups excluding tert-OH is 2. The highest BCUT2D eigenvalue weighted by Crippen LogP contribution is 2.35. The second kappa shape index (κ2) is 6.74. The van der Waals surface area contributed by atoms with Gasteiger partial charge in [-0.05, 0) is 54.3 Å². The molecular weight excluding hydrogens is 352 g/mol. The van der Waals surface area contributed by atoms with Crippen LogP contribution in [-0.4, -0.2) is 64.7 Å². The monoisotopic (exact) mass is 374 g/mol. The van der Waals surface area contributed by atoms with Crippen molar-refractivity contribution in [2.45, 2.75) is 11.8 Å². The molecule has 6 nitrogen and oxygen atoms in total. The predicted octanol–water partition coefficient (Wildman–Crippen LogP) is 1.89. The first-order chi connectivity index (χ1) is 12.5. The minimum Gasteiger partial charge on any atom is -0.464 e. The van der Waals surface area contributed by atoms with Gasteiger partial charge in [0, 0.05) is 36.5 Å². The first-order valence-corrected chi connectivity index (χ1v) is 9.41. The molecule has 4 rings (SSSR count). The van der Waals surface area contributed by atoms with Crippen molar-refractivity contribution in [2.75, 3.05) is 39.4 Å². The van der Waals surface area contributed by atoms with E-state index < -0.39 is 5.41 Å². The number of rotatable bonds is 5. The molecule has 7 heteroatoms. The zero-order chi connectivity index (χ0) is 18.3. The van der Waals surface area contributed by atoms with Gasteiger partial charge in [-0.1, -0.05) is 0 Å². The van der Waals surface area contributed by atoms with Crippen LogP contribution in [0.1, 0.15) is 6.92 Å². The molecule has 0 atom stereocenters. The number of benzene rings is 1. The van der Waals surface area contributed by atoms with Crippen LogP contribution < -0.4 is 0 Å². The molecule has 1 aromatic carbocycles. The molecule has 2 N–H and O–H groups in total. The van der Waals surface area contributed by atoms with E-state index in [9.17, 15) is 15.0 Å². The molecule has 0 unspecified atom stereocenters. The van der Waals surface area contributed by atoms with E-state index >= 15 is 0 Å². The summed E-state index contributed by atoms with van der Waals surface area (Å²) in [5.74, 6) is -0.179. The van der Waals surface area contributed by atoms with Crippen molar-refractivity contribution >= 4 is 28.8 Å². The highest BCUT2D eigenvalue weighted by atomic mass is 32.2. The van der Waals surface area contributed by atoms with Gasteiger partial charge in [-0.2, -0.15) is 0 Å². The van der Waals surface area contributed by atoms with Crippen molar-refractivity contribution in [3.63, 3.8) is 0 Å². The number of amides is 1. The van der Waals surface area contributed by atoms with Gasteiger partial charge in [0.15, 0.2) is 0 Å². The Hall–Kier alpha value is -1.80. The summed E-state index contributed by atoms with van der Waals surface area (Å²) < 4.78 is 7.68. The quantitative estimate of drug-likeness (QED) is 0.615. The number of carbonyl (C=O) groups is 1. The first kappa shape index (κ1) is 17.6. The lowest BCUT2D eigenvalue weighted by Crippen LogP contribution is -2.46. The standard InChI is InChI=1S/C19H22N2O4S/c1-19(11-22,12-23)18(24)20-7-14-9-21(10-15(14)8-20)26-16-2-3-17-13(6-16)4-5-25-17/h2-6,22-23H,7-12H2,1H3. The van der Waals surface area contributed by atoms with Crippen molar-refractivity contribution in [2.24, 2.45) is 5.41 Å². The number of carbonyl (C=O) groups excluding carboxylic acids is 1. The lowest BCUT2D eigenvalue weighted by Gasteiger charge is -2.30. The zero-order valence-electron chi connectivity index (χ0n) is 14.6. The van der Waals surface area contributed by atoms with Gasteiger partial charge in [-0.15, -0.1) is 0 Å². The van der Waals surface area contributed by atoms with Gasteiger partial charge in [-0.3, -0.25) is 4.79 Å². The zero-order valence-corrected chi connectivity index (χ0v) is 15.5. The summed E-state index contributed by atoms with van der Waals surface area (Å²) in [6, 6.07) is 8.13. The first-order valence-electron chi connectivity index (χ1n) is 8.63. The fourth-order valence-corrected chi connectivity index (χ4v) is 4.52. The fraction of sp³-hybridized carbons (Fsp3) is 0.421. The van der Waals surface area contributed by atoms with Gasteiger partial charge in [0.1, 0.15) is 5.58 Å². The van der Waals surface area contributed by atoms with Crippen LogP contribution in [0, 0.1) is 5.41 Å². The van der Waals surface area contributed by atoms with Gasteiger partial charge < -0.3 is 19.5 Å². The maximum atomic E-state index is 12.6. The Morgan fingerprint density at radius 3 is 2.50 bits per heavy atom. The summed E-state index contributed by atoms with van der Waals surface area (Å²) in [4.78, 5) is 15.5. The predicted molar refractivity (Wildman–Crippen MR) is 99.5 cm³/mol. The SMILES string of the molecule is CC(CO)(CO)C(=O)N1CC2=C(CN(Sc3ccc4occc4c3)C2)C1. The van der Waals surface area contributed by atoms with Crippen molar-refractivity contribution in [1.29, 1.82) is 0 Å². The molecule has 0 fully saturated rings. The molecule has 1 aromatic heterocycles. The molecule has 0 bridgehead atoms. The third kappa shape index (κ3) is 3.05. The number of furan rings is 1. The molecule has 0 radical (unpaired) electrons. The molecule has 26 heavy (non-hydrogen) atoms. The minimum absolute atomic E-state index is 0.179. The van der Waals surface area contributed by atoms with Crippen molar-refractivity contribution < 1.29 is 19.4 Å². The summed E-state index contributed by atoms with van der Waals surface area (Å²) >= 11 is 1.72. The third-order valence-corrected chi connectivity index (χ3v) is 6.14. The lowest BCUT2D eigenvalue weighted by atomic mass is 9.91. The molecule has 2 aliphatic heterocycles. The molecule has 1 amide bonds. The largest absolute Gasteiger partial charge is 0.464 e. The molecule has 138 valence electrons. The molecule has 3 heterocycles. The van der Waals surface area contributed by atoms with Gasteiger partial charge in [0.2, 0.25) is 5.91 Å². The molecule has 2 aromatic rings. The molecule has 0 saturated carbocycles. The van der Waals surface area contributed by atoms with E-state index in [1.165, 1.54) is 16.0 Å². The summed E-state index contributed by atoms with van der Waals surface area (Å²) in [6.07, 6.45) is 1.70. The van der Waals surface area contributed by atoms with Crippen molar-refractivity contribution in [3.8, 4) is 0 Å². The molecule has 0 spiro atoms. The smallest absolute Gasteiger partial charge is 0.233 e. The molecular formula is C19H22N2O4S. The summed E-state index contributed by atoms with van der Waals surface area (Å²) in [6.45, 7) is 3.73. The minimum atomic E-state index is -1.10. The van der Waals surface area contributed by atoms with Crippen molar-refractivity contribution in [3.05, 3.63) is 41.7 Å².